The van der Waals surface area contributed by atoms with Crippen molar-refractivity contribution in [2.75, 3.05) is 6.61 Å². The Bertz CT molecular complexity index is 1210. The van der Waals surface area contributed by atoms with Gasteiger partial charge in [-0.1, -0.05) is 18.2 Å². The number of fused-ring (bicyclic) bond motifs is 1. The number of aromatic nitrogens is 5. The highest BCUT2D eigenvalue weighted by Gasteiger charge is 2.22. The van der Waals surface area contributed by atoms with Crippen LogP contribution in [0.15, 0.2) is 54.7 Å². The summed E-state index contributed by atoms with van der Waals surface area (Å²) in [6, 6.07) is 13.4. The fourth-order valence-corrected chi connectivity index (χ4v) is 3.21. The lowest BCUT2D eigenvalue weighted by Gasteiger charge is -2.14. The van der Waals surface area contributed by atoms with E-state index in [0.29, 0.717) is 11.6 Å². The molecule has 0 aliphatic carbocycles. The average Bonchev–Trinajstić information content (AvgIpc) is 3.38. The molecule has 10 nitrogen and oxygen atoms in total. The molecule has 1 atom stereocenters. The Balaban J connectivity index is 1.34. The van der Waals surface area contributed by atoms with Crippen molar-refractivity contribution in [3.63, 3.8) is 0 Å². The van der Waals surface area contributed by atoms with E-state index in [1.165, 1.54) is 4.80 Å². The molecule has 1 amide bonds. The molecular formula is C21H20N6O4. The highest BCUT2D eigenvalue weighted by Crippen LogP contribution is 2.20. The van der Waals surface area contributed by atoms with Crippen LogP contribution >= 0.6 is 0 Å². The summed E-state index contributed by atoms with van der Waals surface area (Å²) in [4.78, 5) is 28.4. The molecule has 0 bridgehead atoms. The second-order valence-corrected chi connectivity index (χ2v) is 6.94. The fraction of sp³-hybridized carbons (Fsp3) is 0.190. The summed E-state index contributed by atoms with van der Waals surface area (Å²) in [6.07, 6.45) is 1.92. The van der Waals surface area contributed by atoms with Crippen LogP contribution in [0.2, 0.25) is 0 Å². The number of aliphatic carboxylic acids is 1. The van der Waals surface area contributed by atoms with Crippen molar-refractivity contribution >= 4 is 22.8 Å². The predicted molar refractivity (Wildman–Crippen MR) is 111 cm³/mol. The van der Waals surface area contributed by atoms with Crippen molar-refractivity contribution in [3.05, 3.63) is 60.3 Å². The van der Waals surface area contributed by atoms with Gasteiger partial charge < -0.3 is 20.1 Å². The molecule has 0 saturated heterocycles. The van der Waals surface area contributed by atoms with Gasteiger partial charge in [-0.3, -0.25) is 4.79 Å². The van der Waals surface area contributed by atoms with Crippen LogP contribution in [0.25, 0.3) is 22.3 Å². The number of carbonyl (C=O) groups excluding carboxylic acids is 1. The number of carboxylic acid groups (broad SMARTS) is 1. The molecule has 0 fully saturated rings. The second-order valence-electron chi connectivity index (χ2n) is 6.94. The smallest absolute Gasteiger partial charge is 0.326 e. The number of aryl methyl sites for hydroxylation is 1. The molecule has 158 valence electrons. The maximum Gasteiger partial charge on any atom is 0.326 e. The Morgan fingerprint density at radius 1 is 1.19 bits per heavy atom. The van der Waals surface area contributed by atoms with E-state index in [9.17, 15) is 14.7 Å². The molecule has 2 aromatic heterocycles. The Morgan fingerprint density at radius 2 is 1.97 bits per heavy atom. The first-order valence-electron chi connectivity index (χ1n) is 9.54. The average molecular weight is 420 g/mol. The summed E-state index contributed by atoms with van der Waals surface area (Å²) in [5.41, 5.74) is 2.49. The number of benzene rings is 2. The van der Waals surface area contributed by atoms with Crippen LogP contribution in [0.1, 0.15) is 5.56 Å². The standard InChI is InChI=1S/C21H20N6O4/c1-27-25-20(24-26-27)13-6-8-15(9-7-13)31-12-19(28)23-18(21(29)30)10-14-11-22-17-5-3-2-4-16(14)17/h2-9,11,18,22H,10,12H2,1H3,(H,23,28)(H,29,30)/t18-/m1/s1. The van der Waals surface area contributed by atoms with E-state index in [1.807, 2.05) is 24.3 Å². The monoisotopic (exact) mass is 420 g/mol. The van der Waals surface area contributed by atoms with Crippen molar-refractivity contribution in [3.8, 4) is 17.1 Å². The number of para-hydroxylation sites is 1. The van der Waals surface area contributed by atoms with Gasteiger partial charge in [-0.15, -0.1) is 10.2 Å². The third-order valence-electron chi connectivity index (χ3n) is 4.72. The van der Waals surface area contributed by atoms with Gasteiger partial charge in [-0.25, -0.2) is 4.79 Å². The van der Waals surface area contributed by atoms with Crippen molar-refractivity contribution < 1.29 is 19.4 Å². The van der Waals surface area contributed by atoms with Crippen LogP contribution in [0, 0.1) is 0 Å². The van der Waals surface area contributed by atoms with Gasteiger partial charge in [-0.05, 0) is 41.1 Å². The van der Waals surface area contributed by atoms with E-state index in [4.69, 9.17) is 4.74 Å². The number of tetrazole rings is 1. The summed E-state index contributed by atoms with van der Waals surface area (Å²) < 4.78 is 5.48. The number of ether oxygens (including phenoxy) is 1. The van der Waals surface area contributed by atoms with E-state index in [-0.39, 0.29) is 13.0 Å². The molecule has 0 aliphatic heterocycles. The molecule has 0 unspecified atom stereocenters. The zero-order valence-corrected chi connectivity index (χ0v) is 16.6. The highest BCUT2D eigenvalue weighted by molar-refractivity contribution is 5.87. The molecule has 0 saturated carbocycles. The SMILES string of the molecule is Cn1nnc(-c2ccc(OCC(=O)N[C@H](Cc3c[nH]c4ccccc34)C(=O)O)cc2)n1. The predicted octanol–water partition coefficient (Wildman–Crippen LogP) is 1.55. The molecule has 3 N–H and O–H groups in total. The molecule has 0 aliphatic rings. The van der Waals surface area contributed by atoms with Gasteiger partial charge in [0.1, 0.15) is 11.8 Å². The molecule has 4 rings (SSSR count). The van der Waals surface area contributed by atoms with E-state index < -0.39 is 17.9 Å². The Hall–Kier alpha value is -4.21. The number of nitrogens with zero attached hydrogens (tertiary/aromatic N) is 4. The lowest BCUT2D eigenvalue weighted by atomic mass is 10.1. The largest absolute Gasteiger partial charge is 0.484 e. The normalized spacial score (nSPS) is 11.9. The summed E-state index contributed by atoms with van der Waals surface area (Å²) in [5, 5.41) is 24.8. The minimum Gasteiger partial charge on any atom is -0.484 e. The number of rotatable bonds is 8. The van der Waals surface area contributed by atoms with Gasteiger partial charge in [-0.2, -0.15) is 4.80 Å². The van der Waals surface area contributed by atoms with Crippen molar-refractivity contribution in [2.24, 2.45) is 7.05 Å². The number of hydrogen-bond donors (Lipinski definition) is 3. The number of carbonyl (C=O) groups is 2. The third kappa shape index (κ3) is 4.69. The van der Waals surface area contributed by atoms with Gasteiger partial charge in [0.15, 0.2) is 6.61 Å². The topological polar surface area (TPSA) is 135 Å². The van der Waals surface area contributed by atoms with Gasteiger partial charge >= 0.3 is 5.97 Å². The Morgan fingerprint density at radius 3 is 2.68 bits per heavy atom. The van der Waals surface area contributed by atoms with E-state index in [1.54, 1.807) is 37.5 Å². The number of H-pyrrole nitrogens is 1. The van der Waals surface area contributed by atoms with Gasteiger partial charge in [0.05, 0.1) is 7.05 Å². The molecule has 2 heterocycles. The molecule has 4 aromatic rings. The molecule has 0 spiro atoms. The van der Waals surface area contributed by atoms with Crippen molar-refractivity contribution in [1.29, 1.82) is 0 Å². The molecule has 10 heteroatoms. The van der Waals surface area contributed by atoms with Crippen LogP contribution in [-0.2, 0) is 23.1 Å². The minimum absolute atomic E-state index is 0.158. The summed E-state index contributed by atoms with van der Waals surface area (Å²) in [5.74, 6) is -0.689. The summed E-state index contributed by atoms with van der Waals surface area (Å²) in [7, 11) is 1.68. The number of hydrogen-bond acceptors (Lipinski definition) is 6. The van der Waals surface area contributed by atoms with E-state index in [2.05, 4.69) is 25.7 Å². The quantitative estimate of drug-likeness (QED) is 0.393. The lowest BCUT2D eigenvalue weighted by Crippen LogP contribution is -2.44. The third-order valence-corrected chi connectivity index (χ3v) is 4.72. The van der Waals surface area contributed by atoms with Crippen LogP contribution < -0.4 is 10.1 Å². The Kier molecular flexibility index (Phi) is 5.61. The fourth-order valence-electron chi connectivity index (χ4n) is 3.21. The van der Waals surface area contributed by atoms with Gasteiger partial charge in [0, 0.05) is 29.1 Å². The Labute approximate surface area is 176 Å². The zero-order chi connectivity index (χ0) is 21.8. The number of amides is 1. The zero-order valence-electron chi connectivity index (χ0n) is 16.6. The van der Waals surface area contributed by atoms with Gasteiger partial charge in [0.25, 0.3) is 5.91 Å². The first-order chi connectivity index (χ1) is 15.0. The number of aromatic amines is 1. The minimum atomic E-state index is -1.11. The van der Waals surface area contributed by atoms with Crippen LogP contribution in [-0.4, -0.2) is 54.8 Å². The molecular weight excluding hydrogens is 400 g/mol. The molecule has 2 aromatic carbocycles. The van der Waals surface area contributed by atoms with Crippen LogP contribution in [0.5, 0.6) is 5.75 Å². The van der Waals surface area contributed by atoms with E-state index in [0.717, 1.165) is 22.0 Å². The lowest BCUT2D eigenvalue weighted by molar-refractivity contribution is -0.142. The number of carboxylic acids is 1. The maximum atomic E-state index is 12.3. The van der Waals surface area contributed by atoms with Crippen molar-refractivity contribution in [2.45, 2.75) is 12.5 Å². The molecule has 31 heavy (non-hydrogen) atoms. The second kappa shape index (κ2) is 8.66. The maximum absolute atomic E-state index is 12.3. The molecule has 0 radical (unpaired) electrons. The summed E-state index contributed by atoms with van der Waals surface area (Å²) >= 11 is 0. The van der Waals surface area contributed by atoms with Crippen LogP contribution in [0.4, 0.5) is 0 Å². The van der Waals surface area contributed by atoms with Crippen molar-refractivity contribution in [1.82, 2.24) is 30.5 Å². The summed E-state index contributed by atoms with van der Waals surface area (Å²) in [6.45, 7) is -0.305. The first kappa shape index (κ1) is 20.1. The van der Waals surface area contributed by atoms with Crippen LogP contribution in [0.3, 0.4) is 0 Å². The number of nitrogens with one attached hydrogen (secondary N) is 2. The highest BCUT2D eigenvalue weighted by atomic mass is 16.5. The first-order valence-corrected chi connectivity index (χ1v) is 9.54. The van der Waals surface area contributed by atoms with E-state index >= 15 is 0 Å². The van der Waals surface area contributed by atoms with Gasteiger partial charge in [0.2, 0.25) is 5.82 Å².